The molecule has 0 aliphatic heterocycles. The van der Waals surface area contributed by atoms with Crippen LogP contribution in [0.1, 0.15) is 12.8 Å². The molecular weight excluding hydrogens is 192 g/mol. The molecule has 0 aromatic rings. The highest BCUT2D eigenvalue weighted by Gasteiger charge is 2.21. The van der Waals surface area contributed by atoms with E-state index in [1.807, 2.05) is 0 Å². The van der Waals surface area contributed by atoms with Gasteiger partial charge in [-0.05, 0) is 18.8 Å². The Balaban J connectivity index is 2.04. The van der Waals surface area contributed by atoms with Crippen LogP contribution in [0.2, 0.25) is 0 Å². The van der Waals surface area contributed by atoms with Gasteiger partial charge < -0.3 is 4.74 Å². The fourth-order valence-corrected chi connectivity index (χ4v) is 1.18. The molecule has 0 aromatic heterocycles. The van der Waals surface area contributed by atoms with Crippen molar-refractivity contribution >= 4 is 10.2 Å². The zero-order valence-electron chi connectivity index (χ0n) is 7.77. The van der Waals surface area contributed by atoms with Crippen molar-refractivity contribution in [1.29, 1.82) is 0 Å². The number of hydrogen-bond donors (Lipinski definition) is 1. The number of nitrogens with two attached hydrogens (primary N) is 1. The van der Waals surface area contributed by atoms with E-state index < -0.39 is 10.2 Å². The van der Waals surface area contributed by atoms with Crippen molar-refractivity contribution in [3.63, 3.8) is 0 Å². The Morgan fingerprint density at radius 3 is 2.62 bits per heavy atom. The lowest BCUT2D eigenvalue weighted by Gasteiger charge is -2.12. The molecule has 1 aliphatic carbocycles. The van der Waals surface area contributed by atoms with Crippen molar-refractivity contribution < 1.29 is 13.2 Å². The Bertz CT molecular complexity index is 248. The molecule has 0 spiro atoms. The van der Waals surface area contributed by atoms with Crippen LogP contribution in [0, 0.1) is 5.92 Å². The van der Waals surface area contributed by atoms with Crippen LogP contribution in [0.15, 0.2) is 0 Å². The number of hydrogen-bond acceptors (Lipinski definition) is 3. The Morgan fingerprint density at radius 2 is 2.15 bits per heavy atom. The summed E-state index contributed by atoms with van der Waals surface area (Å²) in [6, 6.07) is 0. The predicted molar refractivity (Wildman–Crippen MR) is 49.3 cm³/mol. The van der Waals surface area contributed by atoms with Crippen LogP contribution in [0.5, 0.6) is 0 Å². The van der Waals surface area contributed by atoms with Crippen molar-refractivity contribution in [2.45, 2.75) is 12.8 Å². The van der Waals surface area contributed by atoms with Crippen LogP contribution < -0.4 is 5.14 Å². The van der Waals surface area contributed by atoms with Crippen LogP contribution in [0.3, 0.4) is 0 Å². The molecule has 0 aromatic carbocycles. The lowest BCUT2D eigenvalue weighted by atomic mass is 10.5. The van der Waals surface area contributed by atoms with E-state index in [2.05, 4.69) is 0 Å². The third-order valence-electron chi connectivity index (χ3n) is 2.04. The van der Waals surface area contributed by atoms with Gasteiger partial charge in [-0.2, -0.15) is 12.7 Å². The number of likely N-dealkylation sites (N-methyl/N-ethyl adjacent to an activating group) is 1. The second-order valence-electron chi connectivity index (χ2n) is 3.38. The van der Waals surface area contributed by atoms with Crippen LogP contribution in [-0.2, 0) is 14.9 Å². The lowest BCUT2D eigenvalue weighted by Crippen LogP contribution is -2.35. The van der Waals surface area contributed by atoms with Crippen LogP contribution in [0.25, 0.3) is 0 Å². The molecule has 0 amide bonds. The standard InChI is InChI=1S/C7H16N2O3S/c1-9(13(8,10)11)4-5-12-6-7-2-3-7/h7H,2-6H2,1H3,(H2,8,10,11). The van der Waals surface area contributed by atoms with E-state index in [1.165, 1.54) is 19.9 Å². The summed E-state index contributed by atoms with van der Waals surface area (Å²) in [6.45, 7) is 1.49. The summed E-state index contributed by atoms with van der Waals surface area (Å²) in [4.78, 5) is 0. The average molecular weight is 208 g/mol. The van der Waals surface area contributed by atoms with Gasteiger partial charge in [-0.3, -0.25) is 0 Å². The smallest absolute Gasteiger partial charge is 0.276 e. The summed E-state index contributed by atoms with van der Waals surface area (Å²) in [7, 11) is -2.09. The molecule has 0 bridgehead atoms. The molecule has 0 radical (unpaired) electrons. The van der Waals surface area contributed by atoms with Crippen LogP contribution >= 0.6 is 0 Å². The molecule has 78 valence electrons. The molecule has 1 aliphatic rings. The molecule has 6 heteroatoms. The van der Waals surface area contributed by atoms with E-state index in [4.69, 9.17) is 9.88 Å². The molecule has 2 N–H and O–H groups in total. The number of ether oxygens (including phenoxy) is 1. The van der Waals surface area contributed by atoms with Crippen molar-refractivity contribution in [3.05, 3.63) is 0 Å². The van der Waals surface area contributed by atoms with Gasteiger partial charge in [0.2, 0.25) is 0 Å². The number of nitrogens with zero attached hydrogens (tertiary/aromatic N) is 1. The first-order valence-electron chi connectivity index (χ1n) is 4.32. The second kappa shape index (κ2) is 4.36. The van der Waals surface area contributed by atoms with Crippen LogP contribution in [0.4, 0.5) is 0 Å². The monoisotopic (exact) mass is 208 g/mol. The van der Waals surface area contributed by atoms with E-state index in [1.54, 1.807) is 0 Å². The molecule has 0 atom stereocenters. The topological polar surface area (TPSA) is 72.6 Å². The zero-order valence-corrected chi connectivity index (χ0v) is 8.59. The highest BCUT2D eigenvalue weighted by atomic mass is 32.2. The Kier molecular flexibility index (Phi) is 3.66. The van der Waals surface area contributed by atoms with Crippen molar-refractivity contribution in [3.8, 4) is 0 Å². The lowest BCUT2D eigenvalue weighted by molar-refractivity contribution is 0.117. The SMILES string of the molecule is CN(CCOCC1CC1)S(N)(=O)=O. The maximum atomic E-state index is 10.7. The third-order valence-corrected chi connectivity index (χ3v) is 3.09. The van der Waals surface area contributed by atoms with Gasteiger partial charge in [0, 0.05) is 20.2 Å². The number of rotatable bonds is 6. The quantitative estimate of drug-likeness (QED) is 0.601. The Labute approximate surface area is 79.0 Å². The summed E-state index contributed by atoms with van der Waals surface area (Å²) in [5.41, 5.74) is 0. The van der Waals surface area contributed by atoms with Gasteiger partial charge in [-0.15, -0.1) is 0 Å². The summed E-state index contributed by atoms with van der Waals surface area (Å²) in [6.07, 6.45) is 2.48. The Hall–Kier alpha value is -0.170. The van der Waals surface area contributed by atoms with Crippen molar-refractivity contribution in [1.82, 2.24) is 4.31 Å². The van der Waals surface area contributed by atoms with Crippen molar-refractivity contribution in [2.24, 2.45) is 11.1 Å². The van der Waals surface area contributed by atoms with Gasteiger partial charge in [-0.1, -0.05) is 0 Å². The fraction of sp³-hybridized carbons (Fsp3) is 1.00. The van der Waals surface area contributed by atoms with Gasteiger partial charge >= 0.3 is 0 Å². The van der Waals surface area contributed by atoms with Gasteiger partial charge in [0.05, 0.1) is 6.61 Å². The fourth-order valence-electron chi connectivity index (χ4n) is 0.855. The van der Waals surface area contributed by atoms with Gasteiger partial charge in [0.15, 0.2) is 0 Å². The highest BCUT2D eigenvalue weighted by molar-refractivity contribution is 7.86. The summed E-state index contributed by atoms with van der Waals surface area (Å²) in [5, 5.41) is 4.88. The average Bonchev–Trinajstić information content (AvgIpc) is 2.79. The molecule has 0 heterocycles. The largest absolute Gasteiger partial charge is 0.380 e. The maximum Gasteiger partial charge on any atom is 0.276 e. The summed E-state index contributed by atoms with van der Waals surface area (Å²) < 4.78 is 27.8. The van der Waals surface area contributed by atoms with E-state index in [0.29, 0.717) is 19.1 Å². The minimum atomic E-state index is -3.53. The predicted octanol–water partition coefficient (Wildman–Crippen LogP) is -0.452. The van der Waals surface area contributed by atoms with E-state index in [0.717, 1.165) is 10.9 Å². The molecule has 1 saturated carbocycles. The van der Waals surface area contributed by atoms with E-state index in [9.17, 15) is 8.42 Å². The highest BCUT2D eigenvalue weighted by Crippen LogP contribution is 2.28. The van der Waals surface area contributed by atoms with E-state index in [-0.39, 0.29) is 0 Å². The zero-order chi connectivity index (χ0) is 9.90. The summed E-state index contributed by atoms with van der Waals surface area (Å²) in [5.74, 6) is 0.708. The van der Waals surface area contributed by atoms with Crippen molar-refractivity contribution in [2.75, 3.05) is 26.8 Å². The molecule has 0 saturated heterocycles. The molecule has 13 heavy (non-hydrogen) atoms. The first-order chi connectivity index (χ1) is 6.00. The molecule has 1 fully saturated rings. The summed E-state index contributed by atoms with van der Waals surface area (Å²) >= 11 is 0. The second-order valence-corrected chi connectivity index (χ2v) is 5.04. The van der Waals surface area contributed by atoms with Gasteiger partial charge in [0.25, 0.3) is 10.2 Å². The maximum absolute atomic E-state index is 10.7. The molecule has 1 rings (SSSR count). The normalized spacial score (nSPS) is 18.1. The van der Waals surface area contributed by atoms with Gasteiger partial charge in [-0.25, -0.2) is 5.14 Å². The van der Waals surface area contributed by atoms with E-state index >= 15 is 0 Å². The first kappa shape index (κ1) is 10.9. The Morgan fingerprint density at radius 1 is 1.54 bits per heavy atom. The molecular formula is C7H16N2O3S. The molecule has 5 nitrogen and oxygen atoms in total. The minimum absolute atomic E-state index is 0.325. The van der Waals surface area contributed by atoms with Gasteiger partial charge in [0.1, 0.15) is 0 Å². The molecule has 0 unspecified atom stereocenters. The third kappa shape index (κ3) is 4.56. The first-order valence-corrected chi connectivity index (χ1v) is 5.82. The minimum Gasteiger partial charge on any atom is -0.380 e. The van der Waals surface area contributed by atoms with Crippen LogP contribution in [-0.4, -0.2) is 39.5 Å².